The van der Waals surface area contributed by atoms with Crippen LogP contribution >= 0.6 is 0 Å². The zero-order chi connectivity index (χ0) is 13.3. The Balaban J connectivity index is 1.84. The van der Waals surface area contributed by atoms with Gasteiger partial charge in [0.2, 0.25) is 0 Å². The first kappa shape index (κ1) is 13.8. The third kappa shape index (κ3) is 4.88. The Kier molecular flexibility index (Phi) is 5.64. The molecule has 1 heteroatoms. The van der Waals surface area contributed by atoms with Gasteiger partial charge in [0.1, 0.15) is 0 Å². The minimum atomic E-state index is 1.02. The quantitative estimate of drug-likeness (QED) is 0.740. The topological polar surface area (TPSA) is 12.0 Å². The predicted octanol–water partition coefficient (Wildman–Crippen LogP) is 3.82. The van der Waals surface area contributed by atoms with Crippen molar-refractivity contribution < 1.29 is 0 Å². The molecule has 0 aliphatic rings. The predicted molar refractivity (Wildman–Crippen MR) is 82.6 cm³/mol. The summed E-state index contributed by atoms with van der Waals surface area (Å²) in [5.41, 5.74) is 4.18. The molecule has 0 fully saturated rings. The Hall–Kier alpha value is -1.60. The molecule has 0 atom stereocenters. The van der Waals surface area contributed by atoms with E-state index in [0.29, 0.717) is 0 Å². The number of rotatable bonds is 7. The van der Waals surface area contributed by atoms with E-state index in [1.807, 2.05) is 0 Å². The molecule has 0 bridgehead atoms. The molecular formula is C18H23N. The summed E-state index contributed by atoms with van der Waals surface area (Å²) in [6, 6.07) is 19.6. The summed E-state index contributed by atoms with van der Waals surface area (Å²) in [4.78, 5) is 0. The molecule has 0 aromatic heterocycles. The lowest BCUT2D eigenvalue weighted by molar-refractivity contribution is 0.671. The summed E-state index contributed by atoms with van der Waals surface area (Å²) in [5.74, 6) is 0. The summed E-state index contributed by atoms with van der Waals surface area (Å²) < 4.78 is 0. The van der Waals surface area contributed by atoms with E-state index < -0.39 is 0 Å². The van der Waals surface area contributed by atoms with Crippen LogP contribution in [-0.2, 0) is 12.8 Å². The van der Waals surface area contributed by atoms with Crippen LogP contribution in [0.5, 0.6) is 0 Å². The van der Waals surface area contributed by atoms with Crippen LogP contribution in [0, 0.1) is 0 Å². The third-order valence-electron chi connectivity index (χ3n) is 3.29. The van der Waals surface area contributed by atoms with E-state index in [2.05, 4.69) is 66.8 Å². The summed E-state index contributed by atoms with van der Waals surface area (Å²) in [6.45, 7) is 4.39. The van der Waals surface area contributed by atoms with Crippen LogP contribution in [-0.4, -0.2) is 13.1 Å². The molecule has 0 unspecified atom stereocenters. The van der Waals surface area contributed by atoms with E-state index in [1.165, 1.54) is 23.1 Å². The highest BCUT2D eigenvalue weighted by atomic mass is 14.8. The van der Waals surface area contributed by atoms with Crippen molar-refractivity contribution >= 4 is 0 Å². The van der Waals surface area contributed by atoms with Gasteiger partial charge < -0.3 is 5.32 Å². The second kappa shape index (κ2) is 7.75. The number of hydrogen-bond acceptors (Lipinski definition) is 1. The Morgan fingerprint density at radius 3 is 2.05 bits per heavy atom. The van der Waals surface area contributed by atoms with Gasteiger partial charge in [-0.3, -0.25) is 0 Å². The lowest BCUT2D eigenvalue weighted by atomic mass is 10.0. The van der Waals surface area contributed by atoms with Crippen LogP contribution in [0.2, 0.25) is 0 Å². The van der Waals surface area contributed by atoms with Crippen LogP contribution in [0.25, 0.3) is 0 Å². The van der Waals surface area contributed by atoms with E-state index in [9.17, 15) is 0 Å². The van der Waals surface area contributed by atoms with Gasteiger partial charge in [-0.2, -0.15) is 0 Å². The molecule has 0 aliphatic carbocycles. The monoisotopic (exact) mass is 253 g/mol. The molecule has 2 aromatic carbocycles. The maximum absolute atomic E-state index is 3.44. The fourth-order valence-corrected chi connectivity index (χ4v) is 2.19. The van der Waals surface area contributed by atoms with Crippen molar-refractivity contribution in [2.45, 2.75) is 26.2 Å². The van der Waals surface area contributed by atoms with Crippen molar-refractivity contribution in [1.29, 1.82) is 0 Å². The smallest absolute Gasteiger partial charge is 0.000835 e. The Morgan fingerprint density at radius 1 is 0.737 bits per heavy atom. The molecule has 2 aromatic rings. The third-order valence-corrected chi connectivity index (χ3v) is 3.29. The maximum atomic E-state index is 3.44. The van der Waals surface area contributed by atoms with Crippen LogP contribution in [0.15, 0.2) is 54.6 Å². The number of hydrogen-bond donors (Lipinski definition) is 1. The van der Waals surface area contributed by atoms with Crippen molar-refractivity contribution in [3.05, 3.63) is 71.3 Å². The Morgan fingerprint density at radius 2 is 1.37 bits per heavy atom. The second-order valence-corrected chi connectivity index (χ2v) is 4.98. The average molecular weight is 253 g/mol. The molecule has 0 spiro atoms. The van der Waals surface area contributed by atoms with Crippen LogP contribution in [0.3, 0.4) is 0 Å². The Bertz CT molecular complexity index is 459. The standard InChI is InChI=1S/C18H23N/c1-2-13-19-14-12-16-8-10-18(11-9-16)15-17-6-4-3-5-7-17/h3-11,19H,2,12-15H2,1H3. The molecular weight excluding hydrogens is 230 g/mol. The van der Waals surface area contributed by atoms with E-state index in [0.717, 1.165) is 25.9 Å². The highest BCUT2D eigenvalue weighted by molar-refractivity contribution is 5.28. The number of benzene rings is 2. The second-order valence-electron chi connectivity index (χ2n) is 4.98. The van der Waals surface area contributed by atoms with Crippen molar-refractivity contribution in [2.24, 2.45) is 0 Å². The van der Waals surface area contributed by atoms with Crippen LogP contribution in [0.1, 0.15) is 30.0 Å². The fourth-order valence-electron chi connectivity index (χ4n) is 2.19. The average Bonchev–Trinajstić information content (AvgIpc) is 2.46. The van der Waals surface area contributed by atoms with E-state index in [4.69, 9.17) is 0 Å². The molecule has 0 saturated carbocycles. The van der Waals surface area contributed by atoms with Gasteiger partial charge in [-0.25, -0.2) is 0 Å². The summed E-state index contributed by atoms with van der Waals surface area (Å²) in [5, 5.41) is 3.44. The molecule has 0 saturated heterocycles. The van der Waals surface area contributed by atoms with Crippen LogP contribution in [0.4, 0.5) is 0 Å². The SMILES string of the molecule is CCCNCCc1ccc(Cc2ccccc2)cc1. The van der Waals surface area contributed by atoms with Crippen molar-refractivity contribution in [1.82, 2.24) is 5.32 Å². The molecule has 19 heavy (non-hydrogen) atoms. The minimum absolute atomic E-state index is 1.02. The molecule has 0 heterocycles. The van der Waals surface area contributed by atoms with Gasteiger partial charge in [-0.05, 0) is 49.0 Å². The zero-order valence-corrected chi connectivity index (χ0v) is 11.7. The van der Waals surface area contributed by atoms with Gasteiger partial charge in [-0.15, -0.1) is 0 Å². The molecule has 2 rings (SSSR count). The molecule has 100 valence electrons. The van der Waals surface area contributed by atoms with Gasteiger partial charge in [-0.1, -0.05) is 61.5 Å². The lowest BCUT2D eigenvalue weighted by Crippen LogP contribution is -2.17. The molecule has 1 nitrogen and oxygen atoms in total. The lowest BCUT2D eigenvalue weighted by Gasteiger charge is -2.05. The molecule has 0 amide bonds. The van der Waals surface area contributed by atoms with Crippen molar-refractivity contribution in [2.75, 3.05) is 13.1 Å². The fraction of sp³-hybridized carbons (Fsp3) is 0.333. The van der Waals surface area contributed by atoms with Gasteiger partial charge in [0.05, 0.1) is 0 Å². The van der Waals surface area contributed by atoms with E-state index >= 15 is 0 Å². The largest absolute Gasteiger partial charge is 0.316 e. The normalized spacial score (nSPS) is 10.6. The summed E-state index contributed by atoms with van der Waals surface area (Å²) in [6.07, 6.45) is 3.34. The molecule has 1 N–H and O–H groups in total. The van der Waals surface area contributed by atoms with Crippen LogP contribution < -0.4 is 5.32 Å². The highest BCUT2D eigenvalue weighted by Crippen LogP contribution is 2.10. The van der Waals surface area contributed by atoms with Gasteiger partial charge in [0.15, 0.2) is 0 Å². The Labute approximate surface area is 116 Å². The maximum Gasteiger partial charge on any atom is -0.000835 e. The number of nitrogens with one attached hydrogen (secondary N) is 1. The zero-order valence-electron chi connectivity index (χ0n) is 11.7. The molecule has 0 aliphatic heterocycles. The van der Waals surface area contributed by atoms with E-state index in [1.54, 1.807) is 0 Å². The minimum Gasteiger partial charge on any atom is -0.316 e. The first-order valence-corrected chi connectivity index (χ1v) is 7.21. The van der Waals surface area contributed by atoms with Gasteiger partial charge in [0.25, 0.3) is 0 Å². The van der Waals surface area contributed by atoms with Crippen molar-refractivity contribution in [3.8, 4) is 0 Å². The summed E-state index contributed by atoms with van der Waals surface area (Å²) in [7, 11) is 0. The van der Waals surface area contributed by atoms with Crippen molar-refractivity contribution in [3.63, 3.8) is 0 Å². The van der Waals surface area contributed by atoms with Gasteiger partial charge in [0, 0.05) is 0 Å². The highest BCUT2D eigenvalue weighted by Gasteiger charge is 1.97. The van der Waals surface area contributed by atoms with Gasteiger partial charge >= 0.3 is 0 Å². The summed E-state index contributed by atoms with van der Waals surface area (Å²) >= 11 is 0. The first-order chi connectivity index (χ1) is 9.38. The molecule has 0 radical (unpaired) electrons. The van der Waals surface area contributed by atoms with E-state index in [-0.39, 0.29) is 0 Å². The first-order valence-electron chi connectivity index (χ1n) is 7.21.